The minimum Gasteiger partial charge on any atom is -0.368 e. The highest BCUT2D eigenvalue weighted by Crippen LogP contribution is 2.28. The minimum absolute atomic E-state index is 0.0761. The minimum atomic E-state index is -0.942. The first-order valence-corrected chi connectivity index (χ1v) is 11.6. The molecule has 2 aromatic carbocycles. The molecule has 1 aliphatic rings. The number of carbonyl (C=O) groups is 2. The number of hydrogen-bond acceptors (Lipinski definition) is 3. The number of piperazine rings is 1. The average Bonchev–Trinajstić information content (AvgIpc) is 2.79. The van der Waals surface area contributed by atoms with Crippen molar-refractivity contribution in [1.82, 2.24) is 10.2 Å². The molecule has 5 nitrogen and oxygen atoms in total. The van der Waals surface area contributed by atoms with Crippen LogP contribution in [0.1, 0.15) is 25.8 Å². The summed E-state index contributed by atoms with van der Waals surface area (Å²) in [5.41, 5.74) is 1.47. The van der Waals surface area contributed by atoms with E-state index in [1.165, 1.54) is 6.07 Å². The molecule has 33 heavy (non-hydrogen) atoms. The maximum absolute atomic E-state index is 13.4. The van der Waals surface area contributed by atoms with E-state index in [9.17, 15) is 18.4 Å². The van der Waals surface area contributed by atoms with Gasteiger partial charge in [-0.3, -0.25) is 9.59 Å². The molecular weight excluding hydrogens is 471 g/mol. The number of anilines is 1. The number of aryl methyl sites for hydroxylation is 1. The molecule has 1 saturated heterocycles. The number of nitrogens with zero attached hydrogens (tertiary/aromatic N) is 2. The number of amides is 2. The molecule has 0 aromatic heterocycles. The highest BCUT2D eigenvalue weighted by atomic mass is 35.5. The Hall–Kier alpha value is -2.38. The molecule has 2 aromatic rings. The molecule has 0 bridgehead atoms. The van der Waals surface area contributed by atoms with Crippen molar-refractivity contribution in [2.75, 3.05) is 31.1 Å². The van der Waals surface area contributed by atoms with Gasteiger partial charge in [0.25, 0.3) is 0 Å². The van der Waals surface area contributed by atoms with Crippen LogP contribution in [0.3, 0.4) is 0 Å². The average molecular weight is 498 g/mol. The predicted octanol–water partition coefficient (Wildman–Crippen LogP) is 4.69. The van der Waals surface area contributed by atoms with Crippen LogP contribution in [0.2, 0.25) is 10.0 Å². The largest absolute Gasteiger partial charge is 0.368 e. The normalized spacial score (nSPS) is 15.0. The first-order valence-electron chi connectivity index (χ1n) is 10.9. The zero-order valence-corrected chi connectivity index (χ0v) is 20.1. The second kappa shape index (κ2) is 11.2. The molecule has 3 rings (SSSR count). The number of rotatable bonds is 7. The molecule has 178 valence electrons. The SMILES string of the molecule is CC(C)C(NC(=O)CCc1ccc(F)c(F)c1)C(=O)N1CCN(c2ccc(Cl)c(Cl)c2)CC1. The molecule has 1 aliphatic heterocycles. The van der Waals surface area contributed by atoms with E-state index in [-0.39, 0.29) is 30.6 Å². The summed E-state index contributed by atoms with van der Waals surface area (Å²) in [4.78, 5) is 29.5. The lowest BCUT2D eigenvalue weighted by Crippen LogP contribution is -2.56. The Labute approximate surface area is 202 Å². The number of halogens is 4. The van der Waals surface area contributed by atoms with Crippen LogP contribution in [0, 0.1) is 17.6 Å². The summed E-state index contributed by atoms with van der Waals surface area (Å²) in [5, 5.41) is 3.80. The zero-order valence-electron chi connectivity index (χ0n) is 18.6. The van der Waals surface area contributed by atoms with Gasteiger partial charge in [0, 0.05) is 38.3 Å². The Balaban J connectivity index is 1.54. The van der Waals surface area contributed by atoms with Crippen molar-refractivity contribution in [3.8, 4) is 0 Å². The van der Waals surface area contributed by atoms with E-state index < -0.39 is 17.7 Å². The molecule has 2 amide bonds. The van der Waals surface area contributed by atoms with Crippen LogP contribution in [0.25, 0.3) is 0 Å². The van der Waals surface area contributed by atoms with Crippen molar-refractivity contribution >= 4 is 40.7 Å². The number of benzene rings is 2. The molecule has 1 atom stereocenters. The van der Waals surface area contributed by atoms with Crippen LogP contribution in [0.4, 0.5) is 14.5 Å². The molecule has 1 heterocycles. The van der Waals surface area contributed by atoms with Crippen molar-refractivity contribution in [2.45, 2.75) is 32.7 Å². The van der Waals surface area contributed by atoms with E-state index in [2.05, 4.69) is 10.2 Å². The molecule has 0 aliphatic carbocycles. The summed E-state index contributed by atoms with van der Waals surface area (Å²) in [6, 6.07) is 8.38. The first-order chi connectivity index (χ1) is 15.7. The fourth-order valence-corrected chi connectivity index (χ4v) is 4.07. The molecule has 1 N–H and O–H groups in total. The second-order valence-electron chi connectivity index (χ2n) is 8.45. The summed E-state index contributed by atoms with van der Waals surface area (Å²) >= 11 is 12.1. The highest BCUT2D eigenvalue weighted by Gasteiger charge is 2.30. The molecule has 1 fully saturated rings. The van der Waals surface area contributed by atoms with Crippen LogP contribution in [-0.2, 0) is 16.0 Å². The Bertz CT molecular complexity index is 1010. The fourth-order valence-electron chi connectivity index (χ4n) is 3.78. The maximum atomic E-state index is 13.4. The quantitative estimate of drug-likeness (QED) is 0.603. The second-order valence-corrected chi connectivity index (χ2v) is 9.26. The van der Waals surface area contributed by atoms with Gasteiger partial charge in [-0.2, -0.15) is 0 Å². The van der Waals surface area contributed by atoms with E-state index in [1.54, 1.807) is 11.0 Å². The Morgan fingerprint density at radius 2 is 1.67 bits per heavy atom. The van der Waals surface area contributed by atoms with Crippen molar-refractivity contribution in [3.05, 3.63) is 63.6 Å². The number of hydrogen-bond donors (Lipinski definition) is 1. The van der Waals surface area contributed by atoms with E-state index in [4.69, 9.17) is 23.2 Å². The summed E-state index contributed by atoms with van der Waals surface area (Å²) in [7, 11) is 0. The van der Waals surface area contributed by atoms with Gasteiger partial charge in [0.15, 0.2) is 11.6 Å². The lowest BCUT2D eigenvalue weighted by atomic mass is 10.0. The molecule has 0 radical (unpaired) electrons. The van der Waals surface area contributed by atoms with Crippen LogP contribution in [0.15, 0.2) is 36.4 Å². The summed E-state index contributed by atoms with van der Waals surface area (Å²) in [6.07, 6.45) is 0.330. The third-order valence-corrected chi connectivity index (χ3v) is 6.47. The lowest BCUT2D eigenvalue weighted by molar-refractivity contribution is -0.138. The first kappa shape index (κ1) is 25.2. The smallest absolute Gasteiger partial charge is 0.245 e. The third kappa shape index (κ3) is 6.58. The van der Waals surface area contributed by atoms with Crippen molar-refractivity contribution in [2.24, 2.45) is 5.92 Å². The van der Waals surface area contributed by atoms with Crippen molar-refractivity contribution < 1.29 is 18.4 Å². The third-order valence-electron chi connectivity index (χ3n) is 5.73. The van der Waals surface area contributed by atoms with Gasteiger partial charge in [0.2, 0.25) is 11.8 Å². The molecule has 1 unspecified atom stereocenters. The highest BCUT2D eigenvalue weighted by molar-refractivity contribution is 6.42. The van der Waals surface area contributed by atoms with Crippen LogP contribution < -0.4 is 10.2 Å². The van der Waals surface area contributed by atoms with Gasteiger partial charge in [-0.15, -0.1) is 0 Å². The molecule has 0 saturated carbocycles. The van der Waals surface area contributed by atoms with E-state index in [1.807, 2.05) is 26.0 Å². The number of carbonyl (C=O) groups excluding carboxylic acids is 2. The van der Waals surface area contributed by atoms with Gasteiger partial charge < -0.3 is 15.1 Å². The van der Waals surface area contributed by atoms with Crippen molar-refractivity contribution in [1.29, 1.82) is 0 Å². The zero-order chi connectivity index (χ0) is 24.1. The van der Waals surface area contributed by atoms with Gasteiger partial charge in [0.1, 0.15) is 6.04 Å². The predicted molar refractivity (Wildman–Crippen MR) is 127 cm³/mol. The van der Waals surface area contributed by atoms with Crippen LogP contribution >= 0.6 is 23.2 Å². The van der Waals surface area contributed by atoms with E-state index >= 15 is 0 Å². The maximum Gasteiger partial charge on any atom is 0.245 e. The van der Waals surface area contributed by atoms with E-state index in [0.717, 1.165) is 17.8 Å². The van der Waals surface area contributed by atoms with Crippen molar-refractivity contribution in [3.63, 3.8) is 0 Å². The molecule has 0 spiro atoms. The van der Waals surface area contributed by atoms with Gasteiger partial charge in [-0.25, -0.2) is 8.78 Å². The monoisotopic (exact) mass is 497 g/mol. The molecule has 9 heteroatoms. The number of nitrogens with one attached hydrogen (secondary N) is 1. The molecular formula is C24H27Cl2F2N3O2. The summed E-state index contributed by atoms with van der Waals surface area (Å²) in [5.74, 6) is -2.39. The lowest BCUT2D eigenvalue weighted by Gasteiger charge is -2.38. The van der Waals surface area contributed by atoms with Gasteiger partial charge in [0.05, 0.1) is 10.0 Å². The van der Waals surface area contributed by atoms with Gasteiger partial charge in [-0.05, 0) is 48.2 Å². The van der Waals surface area contributed by atoms with Crippen LogP contribution in [-0.4, -0.2) is 48.9 Å². The Morgan fingerprint density at radius 3 is 2.27 bits per heavy atom. The Morgan fingerprint density at radius 1 is 0.970 bits per heavy atom. The standard InChI is InChI=1S/C24H27Cl2F2N3O2/c1-15(2)23(29-22(32)8-4-16-3-7-20(27)21(28)13-16)24(33)31-11-9-30(10-12-31)17-5-6-18(25)19(26)14-17/h3,5-7,13-15,23H,4,8-12H2,1-2H3,(H,29,32). The fraction of sp³-hybridized carbons (Fsp3) is 0.417. The summed E-state index contributed by atoms with van der Waals surface area (Å²) < 4.78 is 26.4. The van der Waals surface area contributed by atoms with E-state index in [0.29, 0.717) is 41.8 Å². The summed E-state index contributed by atoms with van der Waals surface area (Å²) in [6.45, 7) is 6.07. The van der Waals surface area contributed by atoms with Gasteiger partial charge >= 0.3 is 0 Å². The van der Waals surface area contributed by atoms with Gasteiger partial charge in [-0.1, -0.05) is 43.1 Å². The topological polar surface area (TPSA) is 52.7 Å². The Kier molecular flexibility index (Phi) is 8.54. The van der Waals surface area contributed by atoms with Crippen LogP contribution in [0.5, 0.6) is 0 Å².